The van der Waals surface area contributed by atoms with Gasteiger partial charge in [-0.1, -0.05) is 35.8 Å². The fourth-order valence-corrected chi connectivity index (χ4v) is 3.48. The molecular weight excluding hydrogens is 348 g/mol. The van der Waals surface area contributed by atoms with Crippen molar-refractivity contribution in [2.45, 2.75) is 35.9 Å². The smallest absolute Gasteiger partial charge is 0.258 e. The van der Waals surface area contributed by atoms with Crippen LogP contribution in [0.15, 0.2) is 23.1 Å². The molecule has 0 fully saturated rings. The number of hydrogen-bond acceptors (Lipinski definition) is 4. The molecular formula is C12H17BrN2O4S. The first-order valence-electron chi connectivity index (χ1n) is 6.10. The van der Waals surface area contributed by atoms with Gasteiger partial charge in [-0.05, 0) is 19.5 Å². The van der Waals surface area contributed by atoms with E-state index in [0.29, 0.717) is 12.0 Å². The molecule has 0 saturated heterocycles. The summed E-state index contributed by atoms with van der Waals surface area (Å²) in [5.74, 6) is -0.0539. The Morgan fingerprint density at radius 1 is 1.45 bits per heavy atom. The van der Waals surface area contributed by atoms with Crippen molar-refractivity contribution in [3.05, 3.63) is 33.9 Å². The van der Waals surface area contributed by atoms with E-state index in [1.54, 1.807) is 0 Å². The number of nitrogens with one attached hydrogen (secondary N) is 1. The molecule has 1 aromatic carbocycles. The van der Waals surface area contributed by atoms with Crippen molar-refractivity contribution < 1.29 is 13.3 Å². The zero-order chi connectivity index (χ0) is 15.5. The number of halogens is 1. The van der Waals surface area contributed by atoms with E-state index in [-0.39, 0.29) is 21.3 Å². The normalized spacial score (nSPS) is 14.8. The number of nitro groups is 1. The van der Waals surface area contributed by atoms with Crippen molar-refractivity contribution in [1.29, 1.82) is 0 Å². The molecule has 112 valence electrons. The van der Waals surface area contributed by atoms with Crippen LogP contribution in [0.5, 0.6) is 0 Å². The molecule has 0 aliphatic rings. The van der Waals surface area contributed by atoms with Crippen molar-refractivity contribution >= 4 is 31.6 Å². The summed E-state index contributed by atoms with van der Waals surface area (Å²) in [7, 11) is -2.42. The Labute approximate surface area is 126 Å². The highest BCUT2D eigenvalue weighted by molar-refractivity contribution is 9.09. The van der Waals surface area contributed by atoms with Gasteiger partial charge in [0.05, 0.1) is 9.82 Å². The Hall–Kier alpha value is -0.990. The van der Waals surface area contributed by atoms with Crippen LogP contribution in [-0.2, 0) is 10.0 Å². The first-order valence-corrected chi connectivity index (χ1v) is 8.50. The van der Waals surface area contributed by atoms with Gasteiger partial charge in [-0.25, -0.2) is 13.1 Å². The van der Waals surface area contributed by atoms with Crippen LogP contribution in [0.25, 0.3) is 0 Å². The molecule has 0 aliphatic heterocycles. The second-order valence-electron chi connectivity index (χ2n) is 4.38. The molecule has 20 heavy (non-hydrogen) atoms. The Bertz CT molecular complexity index is 601. The summed E-state index contributed by atoms with van der Waals surface area (Å²) in [6.45, 7) is 3.85. The number of hydrogen-bond donors (Lipinski definition) is 1. The number of sulfonamides is 1. The second kappa shape index (κ2) is 6.64. The summed E-state index contributed by atoms with van der Waals surface area (Å²) in [5.41, 5.74) is 0.372. The summed E-state index contributed by atoms with van der Waals surface area (Å²) in [6, 6.07) is 4.03. The average Bonchev–Trinajstić information content (AvgIpc) is 2.39. The minimum Gasteiger partial charge on any atom is -0.258 e. The predicted molar refractivity (Wildman–Crippen MR) is 80.8 cm³/mol. The summed E-state index contributed by atoms with van der Waals surface area (Å²) >= 11 is 3.44. The minimum atomic E-state index is -3.69. The van der Waals surface area contributed by atoms with Gasteiger partial charge in [-0.3, -0.25) is 10.1 Å². The van der Waals surface area contributed by atoms with Crippen LogP contribution >= 0.6 is 15.9 Å². The van der Waals surface area contributed by atoms with Crippen molar-refractivity contribution in [2.24, 2.45) is 0 Å². The fraction of sp³-hybridized carbons (Fsp3) is 0.500. The van der Waals surface area contributed by atoms with Gasteiger partial charge in [-0.15, -0.1) is 0 Å². The largest absolute Gasteiger partial charge is 0.274 e. The van der Waals surface area contributed by atoms with E-state index in [9.17, 15) is 18.5 Å². The average molecular weight is 365 g/mol. The third-order valence-corrected chi connectivity index (χ3v) is 5.22. The molecule has 1 N–H and O–H groups in total. The number of alkyl halides is 1. The topological polar surface area (TPSA) is 89.3 Å². The van der Waals surface area contributed by atoms with E-state index >= 15 is 0 Å². The number of nitrogens with zero attached hydrogens (tertiary/aromatic N) is 1. The van der Waals surface area contributed by atoms with Crippen molar-refractivity contribution in [1.82, 2.24) is 4.72 Å². The van der Waals surface area contributed by atoms with Crippen molar-refractivity contribution in [3.63, 3.8) is 0 Å². The third kappa shape index (κ3) is 3.56. The maximum absolute atomic E-state index is 11.7. The predicted octanol–water partition coefficient (Wildman–Crippen LogP) is 2.78. The van der Waals surface area contributed by atoms with E-state index in [4.69, 9.17) is 0 Å². The lowest BCUT2D eigenvalue weighted by Crippen LogP contribution is -2.19. The van der Waals surface area contributed by atoms with Crippen LogP contribution in [0.3, 0.4) is 0 Å². The molecule has 2 atom stereocenters. The summed E-state index contributed by atoms with van der Waals surface area (Å²) < 4.78 is 25.6. The monoisotopic (exact) mass is 364 g/mol. The molecule has 0 spiro atoms. The Balaban J connectivity index is 3.46. The Morgan fingerprint density at radius 3 is 2.45 bits per heavy atom. The maximum atomic E-state index is 11.7. The van der Waals surface area contributed by atoms with Gasteiger partial charge in [0.1, 0.15) is 0 Å². The summed E-state index contributed by atoms with van der Waals surface area (Å²) in [5, 5.41) is 11.2. The number of nitro benzene ring substituents is 1. The van der Waals surface area contributed by atoms with Crippen LogP contribution < -0.4 is 4.72 Å². The first-order chi connectivity index (χ1) is 9.24. The summed E-state index contributed by atoms with van der Waals surface area (Å²) in [4.78, 5) is 10.6. The lowest BCUT2D eigenvalue weighted by atomic mass is 9.92. The zero-order valence-electron chi connectivity index (χ0n) is 11.5. The van der Waals surface area contributed by atoms with Gasteiger partial charge < -0.3 is 0 Å². The van der Waals surface area contributed by atoms with Crippen LogP contribution in [-0.4, -0.2) is 25.2 Å². The molecule has 0 amide bonds. The van der Waals surface area contributed by atoms with Gasteiger partial charge in [0.15, 0.2) is 0 Å². The molecule has 1 rings (SSSR count). The summed E-state index contributed by atoms with van der Waals surface area (Å²) in [6.07, 6.45) is 0.714. The lowest BCUT2D eigenvalue weighted by Gasteiger charge is -2.18. The molecule has 0 radical (unpaired) electrons. The molecule has 0 aromatic heterocycles. The molecule has 0 bridgehead atoms. The number of benzene rings is 1. The van der Waals surface area contributed by atoms with Gasteiger partial charge in [-0.2, -0.15) is 0 Å². The van der Waals surface area contributed by atoms with E-state index in [0.717, 1.165) is 6.07 Å². The first kappa shape index (κ1) is 17.1. The maximum Gasteiger partial charge on any atom is 0.274 e. The van der Waals surface area contributed by atoms with Crippen molar-refractivity contribution in [2.75, 3.05) is 7.05 Å². The molecule has 6 nitrogen and oxygen atoms in total. The quantitative estimate of drug-likeness (QED) is 0.477. The molecule has 0 aliphatic carbocycles. The van der Waals surface area contributed by atoms with E-state index < -0.39 is 14.9 Å². The fourth-order valence-electron chi connectivity index (χ4n) is 2.07. The molecule has 2 unspecified atom stereocenters. The molecule has 1 aromatic rings. The minimum absolute atomic E-state index is 0.0537. The van der Waals surface area contributed by atoms with E-state index in [1.807, 2.05) is 13.8 Å². The van der Waals surface area contributed by atoms with Crippen LogP contribution in [0.2, 0.25) is 0 Å². The van der Waals surface area contributed by atoms with E-state index in [1.165, 1.54) is 19.2 Å². The van der Waals surface area contributed by atoms with Gasteiger partial charge in [0.25, 0.3) is 5.69 Å². The zero-order valence-corrected chi connectivity index (χ0v) is 13.9. The highest BCUT2D eigenvalue weighted by Crippen LogP contribution is 2.35. The van der Waals surface area contributed by atoms with E-state index in [2.05, 4.69) is 20.7 Å². The van der Waals surface area contributed by atoms with Gasteiger partial charge >= 0.3 is 0 Å². The second-order valence-corrected chi connectivity index (χ2v) is 7.71. The van der Waals surface area contributed by atoms with Crippen molar-refractivity contribution in [3.8, 4) is 0 Å². The highest BCUT2D eigenvalue weighted by atomic mass is 79.9. The Morgan fingerprint density at radius 2 is 2.05 bits per heavy atom. The Kier molecular flexibility index (Phi) is 5.67. The molecule has 0 saturated carbocycles. The van der Waals surface area contributed by atoms with Gasteiger partial charge in [0.2, 0.25) is 10.0 Å². The number of rotatable bonds is 6. The molecule has 8 heteroatoms. The highest BCUT2D eigenvalue weighted by Gasteiger charge is 2.26. The van der Waals surface area contributed by atoms with Crippen LogP contribution in [0.1, 0.15) is 31.7 Å². The third-order valence-electron chi connectivity index (χ3n) is 3.17. The van der Waals surface area contributed by atoms with Crippen LogP contribution in [0, 0.1) is 10.1 Å². The standard InChI is InChI=1S/C12H17BrN2O4S/c1-4-10(8(2)13)11-6-5-9(20(18,19)14-3)7-12(11)15(16)17/h5-8,10,14H,4H2,1-3H3. The van der Waals surface area contributed by atoms with Crippen LogP contribution in [0.4, 0.5) is 5.69 Å². The van der Waals surface area contributed by atoms with Gasteiger partial charge in [0, 0.05) is 22.4 Å². The SMILES string of the molecule is CCC(c1ccc(S(=O)(=O)NC)cc1[N+](=O)[O-])C(C)Br. The lowest BCUT2D eigenvalue weighted by molar-refractivity contribution is -0.386. The molecule has 0 heterocycles.